The van der Waals surface area contributed by atoms with Crippen LogP contribution in [0.15, 0.2) is 6.33 Å². The SMILES string of the molecule is CCCn1ncnc1CNC(=O)NC(C)(C(=O)O)C1CC1. The number of aryl methyl sites for hydroxylation is 1. The van der Waals surface area contributed by atoms with E-state index in [-0.39, 0.29) is 12.5 Å². The van der Waals surface area contributed by atoms with Crippen molar-refractivity contribution in [3.05, 3.63) is 12.2 Å². The number of carboxylic acids is 1. The number of rotatable bonds is 7. The number of hydrogen-bond acceptors (Lipinski definition) is 4. The number of carbonyl (C=O) groups is 2. The summed E-state index contributed by atoms with van der Waals surface area (Å²) in [5.74, 6) is -0.353. The molecule has 0 aromatic carbocycles. The van der Waals surface area contributed by atoms with Gasteiger partial charge in [-0.3, -0.25) is 0 Å². The Hall–Kier alpha value is -2.12. The normalized spacial score (nSPS) is 17.0. The molecule has 2 amide bonds. The summed E-state index contributed by atoms with van der Waals surface area (Å²) < 4.78 is 1.72. The van der Waals surface area contributed by atoms with E-state index in [1.165, 1.54) is 6.33 Å². The summed E-state index contributed by atoms with van der Waals surface area (Å²) in [4.78, 5) is 27.3. The Labute approximate surface area is 122 Å². The van der Waals surface area contributed by atoms with E-state index in [2.05, 4.69) is 20.7 Å². The first-order chi connectivity index (χ1) is 9.97. The number of urea groups is 1. The van der Waals surface area contributed by atoms with Crippen LogP contribution in [0.2, 0.25) is 0 Å². The van der Waals surface area contributed by atoms with E-state index < -0.39 is 17.5 Å². The van der Waals surface area contributed by atoms with E-state index in [9.17, 15) is 14.7 Å². The van der Waals surface area contributed by atoms with Gasteiger partial charge in [-0.25, -0.2) is 19.3 Å². The molecule has 1 atom stereocenters. The molecule has 8 heteroatoms. The second-order valence-corrected chi connectivity index (χ2v) is 5.49. The highest BCUT2D eigenvalue weighted by Crippen LogP contribution is 2.39. The topological polar surface area (TPSA) is 109 Å². The van der Waals surface area contributed by atoms with Crippen LogP contribution in [0.3, 0.4) is 0 Å². The van der Waals surface area contributed by atoms with Crippen LogP contribution in [-0.4, -0.2) is 37.4 Å². The van der Waals surface area contributed by atoms with Crippen LogP contribution in [0.1, 0.15) is 38.9 Å². The third kappa shape index (κ3) is 3.50. The molecule has 0 bridgehead atoms. The van der Waals surface area contributed by atoms with E-state index >= 15 is 0 Å². The first-order valence-electron chi connectivity index (χ1n) is 7.13. The molecule has 2 rings (SSSR count). The van der Waals surface area contributed by atoms with Crippen LogP contribution in [-0.2, 0) is 17.9 Å². The van der Waals surface area contributed by atoms with Gasteiger partial charge in [0.05, 0.1) is 6.54 Å². The Morgan fingerprint density at radius 3 is 2.81 bits per heavy atom. The number of carbonyl (C=O) groups excluding carboxylic acids is 1. The number of nitrogens with one attached hydrogen (secondary N) is 2. The van der Waals surface area contributed by atoms with Gasteiger partial charge in [0.25, 0.3) is 0 Å². The second kappa shape index (κ2) is 6.11. The molecule has 21 heavy (non-hydrogen) atoms. The Kier molecular flexibility index (Phi) is 4.44. The summed E-state index contributed by atoms with van der Waals surface area (Å²) in [6, 6.07) is -0.502. The second-order valence-electron chi connectivity index (χ2n) is 5.49. The molecule has 1 aliphatic carbocycles. The van der Waals surface area contributed by atoms with Crippen molar-refractivity contribution in [3.63, 3.8) is 0 Å². The van der Waals surface area contributed by atoms with E-state index in [1.807, 2.05) is 6.92 Å². The molecule has 0 spiro atoms. The van der Waals surface area contributed by atoms with Gasteiger partial charge in [-0.1, -0.05) is 6.92 Å². The molecule has 116 valence electrons. The number of hydrogen-bond donors (Lipinski definition) is 3. The third-order valence-corrected chi connectivity index (χ3v) is 3.75. The predicted molar refractivity (Wildman–Crippen MR) is 74.4 cm³/mol. The Morgan fingerprint density at radius 2 is 2.24 bits per heavy atom. The minimum atomic E-state index is -1.21. The molecule has 8 nitrogen and oxygen atoms in total. The maximum absolute atomic E-state index is 11.9. The first kappa shape index (κ1) is 15.3. The monoisotopic (exact) mass is 295 g/mol. The van der Waals surface area contributed by atoms with Crippen molar-refractivity contribution in [2.45, 2.75) is 51.7 Å². The van der Waals surface area contributed by atoms with Gasteiger partial charge < -0.3 is 15.7 Å². The molecule has 0 aliphatic heterocycles. The molecule has 1 aromatic rings. The van der Waals surface area contributed by atoms with Crippen molar-refractivity contribution in [2.24, 2.45) is 5.92 Å². The summed E-state index contributed by atoms with van der Waals surface area (Å²) >= 11 is 0. The van der Waals surface area contributed by atoms with Gasteiger partial charge in [0.2, 0.25) is 0 Å². The minimum Gasteiger partial charge on any atom is -0.480 e. The van der Waals surface area contributed by atoms with Gasteiger partial charge in [0.15, 0.2) is 0 Å². The van der Waals surface area contributed by atoms with E-state index in [0.717, 1.165) is 25.8 Å². The quantitative estimate of drug-likeness (QED) is 0.687. The highest BCUT2D eigenvalue weighted by atomic mass is 16.4. The predicted octanol–water partition coefficient (Wildman–Crippen LogP) is 0.741. The Balaban J connectivity index is 1.89. The van der Waals surface area contributed by atoms with Crippen LogP contribution in [0, 0.1) is 5.92 Å². The molecule has 0 radical (unpaired) electrons. The summed E-state index contributed by atoms with van der Waals surface area (Å²) in [5.41, 5.74) is -1.21. The molecule has 1 aromatic heterocycles. The number of nitrogens with zero attached hydrogens (tertiary/aromatic N) is 3. The van der Waals surface area contributed by atoms with Crippen LogP contribution in [0.25, 0.3) is 0 Å². The van der Waals surface area contributed by atoms with Crippen molar-refractivity contribution >= 4 is 12.0 Å². The number of aromatic nitrogens is 3. The molecular formula is C13H21N5O3. The lowest BCUT2D eigenvalue weighted by molar-refractivity contribution is -0.144. The highest BCUT2D eigenvalue weighted by Gasteiger charge is 2.48. The Morgan fingerprint density at radius 1 is 1.52 bits per heavy atom. The van der Waals surface area contributed by atoms with Gasteiger partial charge in [-0.2, -0.15) is 5.10 Å². The summed E-state index contributed by atoms with van der Waals surface area (Å²) in [5, 5.41) is 18.6. The van der Waals surface area contributed by atoms with Crippen molar-refractivity contribution < 1.29 is 14.7 Å². The van der Waals surface area contributed by atoms with Crippen LogP contribution >= 0.6 is 0 Å². The van der Waals surface area contributed by atoms with Gasteiger partial charge in [-0.05, 0) is 32.1 Å². The van der Waals surface area contributed by atoms with Gasteiger partial charge in [0, 0.05) is 6.54 Å². The minimum absolute atomic E-state index is 0.00416. The molecule has 1 saturated carbocycles. The highest BCUT2D eigenvalue weighted by molar-refractivity contribution is 5.86. The molecule has 1 aliphatic rings. The summed E-state index contributed by atoms with van der Waals surface area (Å²) in [7, 11) is 0. The van der Waals surface area contributed by atoms with Crippen molar-refractivity contribution in [1.82, 2.24) is 25.4 Å². The van der Waals surface area contributed by atoms with E-state index in [1.54, 1.807) is 11.6 Å². The van der Waals surface area contributed by atoms with Crippen LogP contribution in [0.4, 0.5) is 4.79 Å². The lowest BCUT2D eigenvalue weighted by Crippen LogP contribution is -2.56. The Bertz CT molecular complexity index is 526. The fourth-order valence-electron chi connectivity index (χ4n) is 2.25. The summed E-state index contributed by atoms with van der Waals surface area (Å²) in [6.07, 6.45) is 4.01. The standard InChI is InChI=1S/C13H21N5O3/c1-3-6-18-10(15-8-16-18)7-14-12(21)17-13(2,11(19)20)9-4-5-9/h8-9H,3-7H2,1-2H3,(H,19,20)(H2,14,17,21). The summed E-state index contributed by atoms with van der Waals surface area (Å²) in [6.45, 7) is 4.52. The zero-order chi connectivity index (χ0) is 15.5. The molecule has 3 N–H and O–H groups in total. The zero-order valence-corrected chi connectivity index (χ0v) is 12.3. The number of carboxylic acid groups (broad SMARTS) is 1. The van der Waals surface area contributed by atoms with Gasteiger partial charge in [-0.15, -0.1) is 0 Å². The molecule has 1 unspecified atom stereocenters. The average molecular weight is 295 g/mol. The lowest BCUT2D eigenvalue weighted by atomic mass is 9.96. The fourth-order valence-corrected chi connectivity index (χ4v) is 2.25. The zero-order valence-electron chi connectivity index (χ0n) is 12.3. The maximum Gasteiger partial charge on any atom is 0.329 e. The smallest absolute Gasteiger partial charge is 0.329 e. The molecule has 1 heterocycles. The first-order valence-corrected chi connectivity index (χ1v) is 7.13. The molecule has 0 saturated heterocycles. The van der Waals surface area contributed by atoms with E-state index in [4.69, 9.17) is 0 Å². The molecule has 1 fully saturated rings. The lowest BCUT2D eigenvalue weighted by Gasteiger charge is -2.26. The van der Waals surface area contributed by atoms with Crippen LogP contribution in [0.5, 0.6) is 0 Å². The number of aliphatic carboxylic acids is 1. The van der Waals surface area contributed by atoms with Gasteiger partial charge in [0.1, 0.15) is 17.7 Å². The van der Waals surface area contributed by atoms with Crippen molar-refractivity contribution in [2.75, 3.05) is 0 Å². The molecular weight excluding hydrogens is 274 g/mol. The van der Waals surface area contributed by atoms with E-state index in [0.29, 0.717) is 5.82 Å². The largest absolute Gasteiger partial charge is 0.480 e. The third-order valence-electron chi connectivity index (χ3n) is 3.75. The maximum atomic E-state index is 11.9. The van der Waals surface area contributed by atoms with Crippen LogP contribution < -0.4 is 10.6 Å². The number of amides is 2. The van der Waals surface area contributed by atoms with Crippen molar-refractivity contribution in [1.29, 1.82) is 0 Å². The fraction of sp³-hybridized carbons (Fsp3) is 0.692. The van der Waals surface area contributed by atoms with Gasteiger partial charge >= 0.3 is 12.0 Å². The van der Waals surface area contributed by atoms with Crippen molar-refractivity contribution in [3.8, 4) is 0 Å². The average Bonchev–Trinajstić information content (AvgIpc) is 3.19.